The van der Waals surface area contributed by atoms with Crippen LogP contribution in [0.1, 0.15) is 35.4 Å². The highest BCUT2D eigenvalue weighted by Gasteiger charge is 2.19. The molecular formula is C19H22ClNS. The van der Waals surface area contributed by atoms with Gasteiger partial charge in [0, 0.05) is 9.79 Å². The standard InChI is InChI=1S/C19H22ClNS/c1-13-3-5-18(16(11-13)15-7-9-21-10-8-15)22-19-6-4-14(2)12-17(19)20/h3-6,11-12,15,21H,7-10H2,1-2H3. The molecule has 1 nitrogen and oxygen atoms in total. The van der Waals surface area contributed by atoms with Crippen molar-refractivity contribution in [1.29, 1.82) is 0 Å². The van der Waals surface area contributed by atoms with Crippen molar-refractivity contribution in [2.75, 3.05) is 13.1 Å². The van der Waals surface area contributed by atoms with E-state index in [2.05, 4.69) is 49.5 Å². The molecule has 0 atom stereocenters. The second kappa shape index (κ2) is 7.08. The van der Waals surface area contributed by atoms with E-state index in [1.54, 1.807) is 11.8 Å². The first-order chi connectivity index (χ1) is 10.6. The van der Waals surface area contributed by atoms with Crippen molar-refractivity contribution in [3.63, 3.8) is 0 Å². The van der Waals surface area contributed by atoms with Gasteiger partial charge in [-0.1, -0.05) is 47.1 Å². The normalized spacial score (nSPS) is 16.0. The second-order valence-electron chi connectivity index (χ2n) is 6.10. The molecule has 1 aliphatic rings. The van der Waals surface area contributed by atoms with Gasteiger partial charge in [0.05, 0.1) is 5.02 Å². The molecular weight excluding hydrogens is 310 g/mol. The van der Waals surface area contributed by atoms with Gasteiger partial charge >= 0.3 is 0 Å². The first kappa shape index (κ1) is 15.9. The third-order valence-electron chi connectivity index (χ3n) is 4.25. The minimum Gasteiger partial charge on any atom is -0.317 e. The molecule has 0 bridgehead atoms. The Balaban J connectivity index is 1.92. The summed E-state index contributed by atoms with van der Waals surface area (Å²) in [5.74, 6) is 0.660. The molecule has 0 saturated carbocycles. The predicted molar refractivity (Wildman–Crippen MR) is 96.3 cm³/mol. The summed E-state index contributed by atoms with van der Waals surface area (Å²) in [6.45, 7) is 6.49. The maximum absolute atomic E-state index is 6.42. The summed E-state index contributed by atoms with van der Waals surface area (Å²) < 4.78 is 0. The van der Waals surface area contributed by atoms with Crippen LogP contribution in [0.3, 0.4) is 0 Å². The Morgan fingerprint density at radius 1 is 0.955 bits per heavy atom. The number of piperidine rings is 1. The van der Waals surface area contributed by atoms with Crippen molar-refractivity contribution in [1.82, 2.24) is 5.32 Å². The van der Waals surface area contributed by atoms with Gasteiger partial charge in [0.25, 0.3) is 0 Å². The van der Waals surface area contributed by atoms with Crippen LogP contribution < -0.4 is 5.32 Å². The maximum atomic E-state index is 6.42. The van der Waals surface area contributed by atoms with Gasteiger partial charge in [-0.25, -0.2) is 0 Å². The van der Waals surface area contributed by atoms with E-state index in [9.17, 15) is 0 Å². The van der Waals surface area contributed by atoms with E-state index in [1.807, 2.05) is 6.07 Å². The zero-order valence-corrected chi connectivity index (χ0v) is 14.7. The highest BCUT2D eigenvalue weighted by molar-refractivity contribution is 7.99. The summed E-state index contributed by atoms with van der Waals surface area (Å²) in [6.07, 6.45) is 2.44. The van der Waals surface area contributed by atoms with Crippen LogP contribution >= 0.6 is 23.4 Å². The average molecular weight is 332 g/mol. The largest absolute Gasteiger partial charge is 0.317 e. The summed E-state index contributed by atoms with van der Waals surface area (Å²) >= 11 is 8.22. The van der Waals surface area contributed by atoms with Gasteiger partial charge in [-0.05, 0) is 75.0 Å². The minimum atomic E-state index is 0.660. The van der Waals surface area contributed by atoms with E-state index in [0.29, 0.717) is 5.92 Å². The molecule has 1 fully saturated rings. The van der Waals surface area contributed by atoms with Crippen molar-refractivity contribution in [2.24, 2.45) is 0 Å². The third kappa shape index (κ3) is 3.68. The van der Waals surface area contributed by atoms with Crippen molar-refractivity contribution in [3.8, 4) is 0 Å². The van der Waals surface area contributed by atoms with Crippen LogP contribution in [0.5, 0.6) is 0 Å². The average Bonchev–Trinajstić information content (AvgIpc) is 2.52. The topological polar surface area (TPSA) is 12.0 Å². The van der Waals surface area contributed by atoms with Crippen LogP contribution in [-0.2, 0) is 0 Å². The number of halogens is 1. The van der Waals surface area contributed by atoms with Crippen LogP contribution in [0, 0.1) is 13.8 Å². The highest BCUT2D eigenvalue weighted by Crippen LogP contribution is 2.40. The van der Waals surface area contributed by atoms with Crippen LogP contribution in [-0.4, -0.2) is 13.1 Å². The molecule has 0 unspecified atom stereocenters. The van der Waals surface area contributed by atoms with Gasteiger partial charge in [-0.15, -0.1) is 0 Å². The van der Waals surface area contributed by atoms with Gasteiger partial charge < -0.3 is 5.32 Å². The summed E-state index contributed by atoms with van der Waals surface area (Å²) in [5.41, 5.74) is 4.04. The Bertz CT molecular complexity index is 662. The van der Waals surface area contributed by atoms with E-state index < -0.39 is 0 Å². The lowest BCUT2D eigenvalue weighted by Crippen LogP contribution is -2.26. The molecule has 1 saturated heterocycles. The summed E-state index contributed by atoms with van der Waals surface area (Å²) in [5, 5.41) is 4.30. The van der Waals surface area contributed by atoms with Gasteiger partial charge in [0.15, 0.2) is 0 Å². The maximum Gasteiger partial charge on any atom is 0.0548 e. The fourth-order valence-electron chi connectivity index (χ4n) is 3.02. The van der Waals surface area contributed by atoms with E-state index in [0.717, 1.165) is 23.0 Å². The van der Waals surface area contributed by atoms with Crippen LogP contribution in [0.25, 0.3) is 0 Å². The number of rotatable bonds is 3. The smallest absolute Gasteiger partial charge is 0.0548 e. The third-order valence-corrected chi connectivity index (χ3v) is 5.84. The number of nitrogens with one attached hydrogen (secondary N) is 1. The van der Waals surface area contributed by atoms with Crippen molar-refractivity contribution in [3.05, 3.63) is 58.1 Å². The quantitative estimate of drug-likeness (QED) is 0.788. The molecule has 1 N–H and O–H groups in total. The van der Waals surface area contributed by atoms with Crippen LogP contribution in [0.15, 0.2) is 46.2 Å². The molecule has 0 aromatic heterocycles. The fraction of sp³-hybridized carbons (Fsp3) is 0.368. The Labute approximate surface area is 142 Å². The molecule has 0 aliphatic carbocycles. The van der Waals surface area contributed by atoms with Gasteiger partial charge in [0.1, 0.15) is 0 Å². The SMILES string of the molecule is Cc1ccc(Sc2ccc(C)cc2C2CCNCC2)c(Cl)c1. The Morgan fingerprint density at radius 3 is 2.27 bits per heavy atom. The van der Waals surface area contributed by atoms with Gasteiger partial charge in [-0.2, -0.15) is 0 Å². The number of hydrogen-bond acceptors (Lipinski definition) is 2. The fourth-order valence-corrected chi connectivity index (χ4v) is 4.38. The minimum absolute atomic E-state index is 0.660. The molecule has 2 aromatic carbocycles. The zero-order chi connectivity index (χ0) is 15.5. The molecule has 2 aromatic rings. The molecule has 0 spiro atoms. The summed E-state index contributed by atoms with van der Waals surface area (Å²) in [6, 6.07) is 13.1. The first-order valence-corrected chi connectivity index (χ1v) is 9.08. The molecule has 1 aliphatic heterocycles. The van der Waals surface area contributed by atoms with Crippen molar-refractivity contribution < 1.29 is 0 Å². The van der Waals surface area contributed by atoms with Crippen LogP contribution in [0.2, 0.25) is 5.02 Å². The first-order valence-electron chi connectivity index (χ1n) is 7.89. The Kier molecular flexibility index (Phi) is 5.12. The summed E-state index contributed by atoms with van der Waals surface area (Å²) in [7, 11) is 0. The van der Waals surface area contributed by atoms with Crippen LogP contribution in [0.4, 0.5) is 0 Å². The molecule has 3 rings (SSSR count). The monoisotopic (exact) mass is 331 g/mol. The van der Waals surface area contributed by atoms with E-state index in [-0.39, 0.29) is 0 Å². The lowest BCUT2D eigenvalue weighted by atomic mass is 9.89. The molecule has 0 radical (unpaired) electrons. The molecule has 22 heavy (non-hydrogen) atoms. The zero-order valence-electron chi connectivity index (χ0n) is 13.2. The lowest BCUT2D eigenvalue weighted by Gasteiger charge is -2.25. The Morgan fingerprint density at radius 2 is 1.59 bits per heavy atom. The summed E-state index contributed by atoms with van der Waals surface area (Å²) in [4.78, 5) is 2.49. The van der Waals surface area contributed by atoms with E-state index in [1.165, 1.54) is 34.4 Å². The second-order valence-corrected chi connectivity index (χ2v) is 7.59. The number of hydrogen-bond donors (Lipinski definition) is 1. The molecule has 0 amide bonds. The van der Waals surface area contributed by atoms with E-state index >= 15 is 0 Å². The van der Waals surface area contributed by atoms with E-state index in [4.69, 9.17) is 11.6 Å². The number of aryl methyl sites for hydroxylation is 2. The van der Waals surface area contributed by atoms with Gasteiger partial charge in [-0.3, -0.25) is 0 Å². The van der Waals surface area contributed by atoms with Crippen molar-refractivity contribution in [2.45, 2.75) is 42.4 Å². The predicted octanol–water partition coefficient (Wildman–Crippen LogP) is 5.58. The van der Waals surface area contributed by atoms with Gasteiger partial charge in [0.2, 0.25) is 0 Å². The number of benzene rings is 2. The van der Waals surface area contributed by atoms with Crippen molar-refractivity contribution >= 4 is 23.4 Å². The molecule has 3 heteroatoms. The lowest BCUT2D eigenvalue weighted by molar-refractivity contribution is 0.456. The molecule has 1 heterocycles. The molecule has 116 valence electrons. The highest BCUT2D eigenvalue weighted by atomic mass is 35.5. The Hall–Kier alpha value is -0.960.